The first-order valence-corrected chi connectivity index (χ1v) is 6.44. The number of carbonyl (C=O) groups is 1. The summed E-state index contributed by atoms with van der Waals surface area (Å²) in [5.41, 5.74) is 6.54. The van der Waals surface area contributed by atoms with Gasteiger partial charge in [0, 0.05) is 6.54 Å². The van der Waals surface area contributed by atoms with E-state index in [0.717, 1.165) is 0 Å². The molecule has 2 aromatic rings. The minimum atomic E-state index is -0.570. The molecule has 6 heteroatoms. The average molecular weight is 289 g/mol. The maximum absolute atomic E-state index is 14.0. The summed E-state index contributed by atoms with van der Waals surface area (Å²) in [5, 5.41) is 0. The molecule has 110 valence electrons. The van der Waals surface area contributed by atoms with E-state index in [9.17, 15) is 9.18 Å². The maximum atomic E-state index is 14.0. The smallest absolute Gasteiger partial charge is 0.341 e. The molecule has 0 saturated carbocycles. The third-order valence-electron chi connectivity index (χ3n) is 3.01. The number of nitrogens with zero attached hydrogens (tertiary/aromatic N) is 2. The van der Waals surface area contributed by atoms with Crippen LogP contribution in [0.5, 0.6) is 0 Å². The highest BCUT2D eigenvalue weighted by Gasteiger charge is 2.21. The number of carbonyl (C=O) groups excluding carboxylic acids is 1. The van der Waals surface area contributed by atoms with E-state index in [1.54, 1.807) is 23.1 Å². The van der Waals surface area contributed by atoms with E-state index in [4.69, 9.17) is 10.5 Å². The summed E-state index contributed by atoms with van der Waals surface area (Å²) in [4.78, 5) is 17.7. The van der Waals surface area contributed by atoms with Crippen LogP contribution in [0.15, 0.2) is 36.5 Å². The Labute approximate surface area is 122 Å². The number of nitrogen functional groups attached to an aromatic ring is 1. The van der Waals surface area contributed by atoms with Crippen LogP contribution in [0.3, 0.4) is 0 Å². The molecule has 0 radical (unpaired) electrons. The molecule has 0 atom stereocenters. The number of para-hydroxylation sites is 1. The zero-order chi connectivity index (χ0) is 15.4. The predicted molar refractivity (Wildman–Crippen MR) is 79.1 cm³/mol. The fourth-order valence-corrected chi connectivity index (χ4v) is 2.05. The van der Waals surface area contributed by atoms with Gasteiger partial charge in [-0.15, -0.1) is 0 Å². The fourth-order valence-electron chi connectivity index (χ4n) is 2.05. The molecule has 0 bridgehead atoms. The van der Waals surface area contributed by atoms with Gasteiger partial charge in [-0.25, -0.2) is 14.2 Å². The summed E-state index contributed by atoms with van der Waals surface area (Å²) in [7, 11) is 1.27. The molecule has 0 fully saturated rings. The van der Waals surface area contributed by atoms with Crippen molar-refractivity contribution in [1.29, 1.82) is 0 Å². The van der Waals surface area contributed by atoms with Gasteiger partial charge in [-0.05, 0) is 25.1 Å². The van der Waals surface area contributed by atoms with Crippen molar-refractivity contribution in [3.05, 3.63) is 47.9 Å². The molecule has 0 unspecified atom stereocenters. The molecule has 0 aliphatic carbocycles. The summed E-state index contributed by atoms with van der Waals surface area (Å²) < 4.78 is 18.7. The Hall–Kier alpha value is -2.63. The molecule has 1 heterocycles. The first-order chi connectivity index (χ1) is 10.1. The van der Waals surface area contributed by atoms with Crippen molar-refractivity contribution in [2.45, 2.75) is 6.92 Å². The number of rotatable bonds is 4. The molecule has 2 rings (SSSR count). The fraction of sp³-hybridized carbons (Fsp3) is 0.200. The standard InChI is InChI=1S/C15H16FN3O2/c1-3-19(13-7-5-4-6-12(13)16)14-11(15(20)21-2)8-10(17)9-18-14/h4-9H,3,17H2,1-2H3. The molecule has 0 aliphatic rings. The van der Waals surface area contributed by atoms with E-state index in [-0.39, 0.29) is 5.56 Å². The molecule has 0 saturated heterocycles. The van der Waals surface area contributed by atoms with Crippen LogP contribution in [0.4, 0.5) is 21.6 Å². The number of pyridine rings is 1. The summed E-state index contributed by atoms with van der Waals surface area (Å²) >= 11 is 0. The second-order valence-electron chi connectivity index (χ2n) is 4.33. The van der Waals surface area contributed by atoms with Crippen LogP contribution < -0.4 is 10.6 Å². The van der Waals surface area contributed by atoms with Crippen LogP contribution in [0.2, 0.25) is 0 Å². The SMILES string of the molecule is CCN(c1ccccc1F)c1ncc(N)cc1C(=O)OC. The van der Waals surface area contributed by atoms with Crippen molar-refractivity contribution in [2.75, 3.05) is 24.3 Å². The highest BCUT2D eigenvalue weighted by atomic mass is 19.1. The summed E-state index contributed by atoms with van der Waals surface area (Å²) in [6.07, 6.45) is 1.42. The first kappa shape index (κ1) is 14.8. The van der Waals surface area contributed by atoms with Crippen LogP contribution >= 0.6 is 0 Å². The second-order valence-corrected chi connectivity index (χ2v) is 4.33. The number of hydrogen-bond acceptors (Lipinski definition) is 5. The lowest BCUT2D eigenvalue weighted by Gasteiger charge is -2.24. The van der Waals surface area contributed by atoms with Gasteiger partial charge in [0.15, 0.2) is 0 Å². The summed E-state index contributed by atoms with van der Waals surface area (Å²) in [6.45, 7) is 2.27. The highest BCUT2D eigenvalue weighted by molar-refractivity contribution is 5.96. The number of methoxy groups -OCH3 is 1. The van der Waals surface area contributed by atoms with Gasteiger partial charge < -0.3 is 15.4 Å². The van der Waals surface area contributed by atoms with E-state index < -0.39 is 11.8 Å². The Morgan fingerprint density at radius 3 is 2.76 bits per heavy atom. The van der Waals surface area contributed by atoms with E-state index in [1.807, 2.05) is 6.92 Å². The minimum Gasteiger partial charge on any atom is -0.465 e. The molecule has 0 spiro atoms. The molecule has 0 amide bonds. The van der Waals surface area contributed by atoms with Gasteiger partial charge in [-0.1, -0.05) is 12.1 Å². The van der Waals surface area contributed by atoms with E-state index in [2.05, 4.69) is 4.98 Å². The topological polar surface area (TPSA) is 68.5 Å². The maximum Gasteiger partial charge on any atom is 0.341 e. The molecule has 1 aromatic carbocycles. The molecular formula is C15H16FN3O2. The average Bonchev–Trinajstić information content (AvgIpc) is 2.50. The Morgan fingerprint density at radius 2 is 2.14 bits per heavy atom. The zero-order valence-electron chi connectivity index (χ0n) is 11.8. The third-order valence-corrected chi connectivity index (χ3v) is 3.01. The van der Waals surface area contributed by atoms with Crippen LogP contribution in [-0.4, -0.2) is 24.6 Å². The van der Waals surface area contributed by atoms with Gasteiger partial charge >= 0.3 is 5.97 Å². The van der Waals surface area contributed by atoms with Gasteiger partial charge in [0.2, 0.25) is 0 Å². The Balaban J connectivity index is 2.58. The highest BCUT2D eigenvalue weighted by Crippen LogP contribution is 2.29. The number of halogens is 1. The largest absolute Gasteiger partial charge is 0.465 e. The third kappa shape index (κ3) is 2.94. The Kier molecular flexibility index (Phi) is 4.37. The monoisotopic (exact) mass is 289 g/mol. The van der Waals surface area contributed by atoms with Gasteiger partial charge in [0.05, 0.1) is 24.7 Å². The van der Waals surface area contributed by atoms with Crippen molar-refractivity contribution in [2.24, 2.45) is 0 Å². The van der Waals surface area contributed by atoms with Gasteiger partial charge in [-0.3, -0.25) is 0 Å². The summed E-state index contributed by atoms with van der Waals surface area (Å²) in [6, 6.07) is 7.77. The van der Waals surface area contributed by atoms with E-state index in [0.29, 0.717) is 23.7 Å². The Bertz CT molecular complexity index is 661. The lowest BCUT2D eigenvalue weighted by Crippen LogP contribution is -2.22. The molecule has 2 N–H and O–H groups in total. The molecule has 0 aliphatic heterocycles. The van der Waals surface area contributed by atoms with E-state index >= 15 is 0 Å². The zero-order valence-corrected chi connectivity index (χ0v) is 11.8. The normalized spacial score (nSPS) is 10.2. The van der Waals surface area contributed by atoms with Crippen LogP contribution in [-0.2, 0) is 4.74 Å². The molecule has 1 aromatic heterocycles. The molecular weight excluding hydrogens is 273 g/mol. The first-order valence-electron chi connectivity index (χ1n) is 6.44. The molecule has 5 nitrogen and oxygen atoms in total. The Morgan fingerprint density at radius 1 is 1.43 bits per heavy atom. The van der Waals surface area contributed by atoms with Crippen molar-refractivity contribution in [3.8, 4) is 0 Å². The lowest BCUT2D eigenvalue weighted by molar-refractivity contribution is 0.0601. The van der Waals surface area contributed by atoms with Gasteiger partial charge in [0.25, 0.3) is 0 Å². The molecule has 21 heavy (non-hydrogen) atoms. The quantitative estimate of drug-likeness (QED) is 0.876. The number of nitrogens with two attached hydrogens (primary N) is 1. The summed E-state index contributed by atoms with van der Waals surface area (Å²) in [5.74, 6) is -0.656. The number of benzene rings is 1. The number of hydrogen-bond donors (Lipinski definition) is 1. The van der Waals surface area contributed by atoms with Crippen molar-refractivity contribution < 1.29 is 13.9 Å². The van der Waals surface area contributed by atoms with E-state index in [1.165, 1.54) is 25.4 Å². The van der Waals surface area contributed by atoms with Crippen molar-refractivity contribution in [3.63, 3.8) is 0 Å². The second kappa shape index (κ2) is 6.21. The lowest BCUT2D eigenvalue weighted by atomic mass is 10.2. The van der Waals surface area contributed by atoms with Crippen molar-refractivity contribution >= 4 is 23.2 Å². The van der Waals surface area contributed by atoms with Gasteiger partial charge in [0.1, 0.15) is 17.2 Å². The number of aromatic nitrogens is 1. The van der Waals surface area contributed by atoms with Crippen LogP contribution in [0, 0.1) is 5.82 Å². The van der Waals surface area contributed by atoms with Crippen LogP contribution in [0.25, 0.3) is 0 Å². The van der Waals surface area contributed by atoms with Crippen molar-refractivity contribution in [1.82, 2.24) is 4.98 Å². The number of ether oxygens (including phenoxy) is 1. The number of esters is 1. The minimum absolute atomic E-state index is 0.197. The number of anilines is 3. The van der Waals surface area contributed by atoms with Crippen LogP contribution in [0.1, 0.15) is 17.3 Å². The van der Waals surface area contributed by atoms with Gasteiger partial charge in [-0.2, -0.15) is 0 Å². The predicted octanol–water partition coefficient (Wildman–Crippen LogP) is 2.75.